The van der Waals surface area contributed by atoms with Crippen molar-refractivity contribution in [3.8, 4) is 17.0 Å². The van der Waals surface area contributed by atoms with E-state index in [9.17, 15) is 0 Å². The lowest BCUT2D eigenvalue weighted by Crippen LogP contribution is -2.23. The topological polar surface area (TPSA) is 86.0 Å². The quantitative estimate of drug-likeness (QED) is 0.698. The van der Waals surface area contributed by atoms with Gasteiger partial charge in [0.05, 0.1) is 12.1 Å². The molecule has 0 saturated heterocycles. The van der Waals surface area contributed by atoms with E-state index in [1.165, 1.54) is 32.1 Å². The first-order chi connectivity index (χ1) is 13.2. The molecule has 1 aliphatic rings. The normalized spacial score (nSPS) is 15.0. The van der Waals surface area contributed by atoms with Crippen LogP contribution in [0.25, 0.3) is 22.0 Å². The summed E-state index contributed by atoms with van der Waals surface area (Å²) in [6.07, 6.45) is 8.03. The van der Waals surface area contributed by atoms with Gasteiger partial charge in [0.2, 0.25) is 11.8 Å². The maximum Gasteiger partial charge on any atom is 0.222 e. The van der Waals surface area contributed by atoms with Crippen molar-refractivity contribution in [2.45, 2.75) is 45.1 Å². The van der Waals surface area contributed by atoms with E-state index in [0.29, 0.717) is 24.5 Å². The van der Waals surface area contributed by atoms with Crippen molar-refractivity contribution in [1.82, 2.24) is 15.0 Å². The summed E-state index contributed by atoms with van der Waals surface area (Å²) < 4.78 is 5.43. The van der Waals surface area contributed by atoms with Gasteiger partial charge in [0, 0.05) is 29.3 Å². The molecule has 6 heteroatoms. The van der Waals surface area contributed by atoms with Gasteiger partial charge in [-0.15, -0.1) is 0 Å². The Morgan fingerprint density at radius 2 is 1.89 bits per heavy atom. The Morgan fingerprint density at radius 1 is 1.07 bits per heavy atom. The van der Waals surface area contributed by atoms with Crippen molar-refractivity contribution in [1.29, 1.82) is 0 Å². The molecule has 1 aromatic carbocycles. The zero-order chi connectivity index (χ0) is 18.6. The highest BCUT2D eigenvalue weighted by Gasteiger charge is 2.16. The molecule has 0 bridgehead atoms. The molecule has 0 atom stereocenters. The fourth-order valence-corrected chi connectivity index (χ4v) is 3.66. The number of benzene rings is 1. The summed E-state index contributed by atoms with van der Waals surface area (Å²) in [6, 6.07) is 10.5. The second-order valence-electron chi connectivity index (χ2n) is 6.96. The van der Waals surface area contributed by atoms with Crippen LogP contribution in [0.15, 0.2) is 36.5 Å². The number of ether oxygens (including phenoxy) is 1. The highest BCUT2D eigenvalue weighted by Crippen LogP contribution is 2.30. The maximum atomic E-state index is 5.94. The van der Waals surface area contributed by atoms with Crippen molar-refractivity contribution < 1.29 is 4.74 Å². The number of pyridine rings is 1. The number of nitrogen functional groups attached to an aromatic ring is 1. The van der Waals surface area contributed by atoms with E-state index in [0.717, 1.165) is 27.8 Å². The highest BCUT2D eigenvalue weighted by molar-refractivity contribution is 5.93. The number of aromatic nitrogens is 3. The monoisotopic (exact) mass is 363 g/mol. The zero-order valence-corrected chi connectivity index (χ0v) is 15.6. The van der Waals surface area contributed by atoms with E-state index >= 15 is 0 Å². The predicted octanol–water partition coefficient (Wildman–Crippen LogP) is 4.42. The van der Waals surface area contributed by atoms with Crippen LogP contribution in [-0.4, -0.2) is 27.6 Å². The maximum absolute atomic E-state index is 5.94. The standard InChI is InChI=1S/C21H25N5O/c1-2-27-19-11-9-15(13-23-19)14-8-10-18-17(12-14)20(26-21(22)25-18)24-16-6-4-3-5-7-16/h8-13,16H,2-7H2,1H3,(H3,22,24,25,26). The van der Waals surface area contributed by atoms with Gasteiger partial charge in [-0.3, -0.25) is 0 Å². The number of rotatable bonds is 5. The van der Waals surface area contributed by atoms with Crippen molar-refractivity contribution in [3.63, 3.8) is 0 Å². The van der Waals surface area contributed by atoms with Crippen LogP contribution in [-0.2, 0) is 0 Å². The lowest BCUT2D eigenvalue weighted by Gasteiger charge is -2.24. The third-order valence-corrected chi connectivity index (χ3v) is 5.02. The summed E-state index contributed by atoms with van der Waals surface area (Å²) in [5, 5.41) is 4.59. The Bertz CT molecular complexity index is 920. The van der Waals surface area contributed by atoms with Gasteiger partial charge < -0.3 is 15.8 Å². The Hall–Kier alpha value is -2.89. The lowest BCUT2D eigenvalue weighted by molar-refractivity contribution is 0.327. The molecule has 4 rings (SSSR count). The van der Waals surface area contributed by atoms with Gasteiger partial charge in [-0.25, -0.2) is 9.97 Å². The van der Waals surface area contributed by atoms with Gasteiger partial charge >= 0.3 is 0 Å². The largest absolute Gasteiger partial charge is 0.478 e. The van der Waals surface area contributed by atoms with Crippen molar-refractivity contribution in [2.75, 3.05) is 17.7 Å². The van der Waals surface area contributed by atoms with E-state index in [2.05, 4.69) is 26.3 Å². The van der Waals surface area contributed by atoms with E-state index in [-0.39, 0.29) is 0 Å². The lowest BCUT2D eigenvalue weighted by atomic mass is 9.95. The molecule has 0 spiro atoms. The molecule has 0 amide bonds. The second-order valence-corrected chi connectivity index (χ2v) is 6.96. The van der Waals surface area contributed by atoms with Gasteiger partial charge in [0.1, 0.15) is 5.82 Å². The smallest absolute Gasteiger partial charge is 0.222 e. The van der Waals surface area contributed by atoms with E-state index < -0.39 is 0 Å². The van der Waals surface area contributed by atoms with Crippen LogP contribution in [0.1, 0.15) is 39.0 Å². The first kappa shape index (κ1) is 17.5. The van der Waals surface area contributed by atoms with Crippen molar-refractivity contribution in [3.05, 3.63) is 36.5 Å². The summed E-state index contributed by atoms with van der Waals surface area (Å²) in [6.45, 7) is 2.56. The highest BCUT2D eigenvalue weighted by atomic mass is 16.5. The molecule has 6 nitrogen and oxygen atoms in total. The molecule has 140 valence electrons. The van der Waals surface area contributed by atoms with E-state index in [1.54, 1.807) is 0 Å². The van der Waals surface area contributed by atoms with Gasteiger partial charge in [0.25, 0.3) is 0 Å². The number of anilines is 2. The molecule has 0 unspecified atom stereocenters. The number of fused-ring (bicyclic) bond motifs is 1. The van der Waals surface area contributed by atoms with E-state index in [1.807, 2.05) is 37.4 Å². The molecule has 3 N–H and O–H groups in total. The van der Waals surface area contributed by atoms with Crippen LogP contribution in [0.5, 0.6) is 5.88 Å². The third kappa shape index (κ3) is 3.94. The van der Waals surface area contributed by atoms with E-state index in [4.69, 9.17) is 10.5 Å². The van der Waals surface area contributed by atoms with Gasteiger partial charge in [0.15, 0.2) is 0 Å². The van der Waals surface area contributed by atoms with Crippen LogP contribution in [0.3, 0.4) is 0 Å². The number of nitrogens with one attached hydrogen (secondary N) is 1. The summed E-state index contributed by atoms with van der Waals surface area (Å²) >= 11 is 0. The predicted molar refractivity (Wildman–Crippen MR) is 109 cm³/mol. The number of nitrogens with zero attached hydrogens (tertiary/aromatic N) is 3. The summed E-state index contributed by atoms with van der Waals surface area (Å²) in [7, 11) is 0. The molecular formula is C21H25N5O. The van der Waals surface area contributed by atoms with Crippen LogP contribution in [0.2, 0.25) is 0 Å². The van der Waals surface area contributed by atoms with Crippen LogP contribution < -0.4 is 15.8 Å². The molecule has 1 fully saturated rings. The molecule has 0 aliphatic heterocycles. The van der Waals surface area contributed by atoms with Gasteiger partial charge in [-0.05, 0) is 43.5 Å². The Kier molecular flexibility index (Phi) is 5.05. The Morgan fingerprint density at radius 3 is 2.63 bits per heavy atom. The minimum absolute atomic E-state index is 0.302. The minimum atomic E-state index is 0.302. The SMILES string of the molecule is CCOc1ccc(-c2ccc3nc(N)nc(NC4CCCCC4)c3c2)cn1. The molecule has 2 aromatic heterocycles. The average Bonchev–Trinajstić information content (AvgIpc) is 2.69. The molecule has 27 heavy (non-hydrogen) atoms. The average molecular weight is 363 g/mol. The Balaban J connectivity index is 1.69. The van der Waals surface area contributed by atoms with Gasteiger partial charge in [-0.2, -0.15) is 4.98 Å². The molecule has 1 saturated carbocycles. The molecule has 1 aliphatic carbocycles. The molecule has 2 heterocycles. The zero-order valence-electron chi connectivity index (χ0n) is 15.6. The summed E-state index contributed by atoms with van der Waals surface area (Å²) in [5.74, 6) is 1.76. The van der Waals surface area contributed by atoms with Crippen LogP contribution in [0.4, 0.5) is 11.8 Å². The molecular weight excluding hydrogens is 338 g/mol. The number of hydrogen-bond acceptors (Lipinski definition) is 6. The summed E-state index contributed by atoms with van der Waals surface area (Å²) in [4.78, 5) is 13.2. The first-order valence-electron chi connectivity index (χ1n) is 9.66. The third-order valence-electron chi connectivity index (χ3n) is 5.02. The number of hydrogen-bond donors (Lipinski definition) is 2. The van der Waals surface area contributed by atoms with Gasteiger partial charge in [-0.1, -0.05) is 25.3 Å². The second kappa shape index (κ2) is 7.78. The minimum Gasteiger partial charge on any atom is -0.478 e. The van der Waals surface area contributed by atoms with Crippen molar-refractivity contribution in [2.24, 2.45) is 0 Å². The number of nitrogens with two attached hydrogens (primary N) is 1. The first-order valence-corrected chi connectivity index (χ1v) is 9.66. The summed E-state index contributed by atoms with van der Waals surface area (Å²) in [5.41, 5.74) is 8.88. The fourth-order valence-electron chi connectivity index (χ4n) is 3.66. The molecule has 0 radical (unpaired) electrons. The van der Waals surface area contributed by atoms with Crippen LogP contribution in [0, 0.1) is 0 Å². The van der Waals surface area contributed by atoms with Crippen LogP contribution >= 0.6 is 0 Å². The van der Waals surface area contributed by atoms with Crippen molar-refractivity contribution >= 4 is 22.7 Å². The molecule has 3 aromatic rings. The Labute approximate surface area is 159 Å². The fraction of sp³-hybridized carbons (Fsp3) is 0.381.